The second-order valence-corrected chi connectivity index (χ2v) is 7.59. The number of carbonyl (C=O) groups is 1. The summed E-state index contributed by atoms with van der Waals surface area (Å²) < 4.78 is 2.38. The van der Waals surface area contributed by atoms with Gasteiger partial charge in [0.05, 0.1) is 11.1 Å². The first-order valence-corrected chi connectivity index (χ1v) is 9.91. The van der Waals surface area contributed by atoms with Gasteiger partial charge in [-0.05, 0) is 17.5 Å². The summed E-state index contributed by atoms with van der Waals surface area (Å²) >= 11 is 1.24. The summed E-state index contributed by atoms with van der Waals surface area (Å²) in [6.07, 6.45) is 1.53. The second-order valence-electron chi connectivity index (χ2n) is 6.58. The van der Waals surface area contributed by atoms with Gasteiger partial charge >= 0.3 is 5.69 Å². The Hall–Kier alpha value is -3.39. The zero-order valence-electron chi connectivity index (χ0n) is 15.9. The Morgan fingerprint density at radius 2 is 1.79 bits per heavy atom. The zero-order chi connectivity index (χ0) is 20.5. The highest BCUT2D eigenvalue weighted by atomic mass is 32.2. The third kappa shape index (κ3) is 3.42. The monoisotopic (exact) mass is 406 g/mol. The lowest BCUT2D eigenvalue weighted by atomic mass is 10.1. The number of rotatable bonds is 4. The molecule has 8 heteroatoms. The number of amides is 1. The minimum absolute atomic E-state index is 0.119. The van der Waals surface area contributed by atoms with Crippen LogP contribution < -0.4 is 16.6 Å². The van der Waals surface area contributed by atoms with E-state index in [1.807, 2.05) is 42.5 Å². The summed E-state index contributed by atoms with van der Waals surface area (Å²) in [5, 5.41) is 5.28. The Morgan fingerprint density at radius 3 is 2.62 bits per heavy atom. The fourth-order valence-corrected chi connectivity index (χ4v) is 4.08. The van der Waals surface area contributed by atoms with Gasteiger partial charge in [0.2, 0.25) is 5.91 Å². The number of aromatic nitrogens is 3. The lowest BCUT2D eigenvalue weighted by Crippen LogP contribution is -2.37. The van der Waals surface area contributed by atoms with Gasteiger partial charge in [-0.15, -0.1) is 11.8 Å². The van der Waals surface area contributed by atoms with Crippen molar-refractivity contribution >= 4 is 45.2 Å². The number of benzene rings is 2. The zero-order valence-corrected chi connectivity index (χ0v) is 16.7. The fraction of sp³-hybridized carbons (Fsp3) is 0.143. The molecular weight excluding hydrogens is 388 g/mol. The van der Waals surface area contributed by atoms with E-state index < -0.39 is 11.2 Å². The lowest BCUT2D eigenvalue weighted by Gasteiger charge is -2.11. The third-order valence-corrected chi connectivity index (χ3v) is 5.78. The molecule has 2 heterocycles. The molecule has 4 rings (SSSR count). The Morgan fingerprint density at radius 1 is 1.03 bits per heavy atom. The van der Waals surface area contributed by atoms with Crippen LogP contribution in [-0.4, -0.2) is 25.8 Å². The van der Waals surface area contributed by atoms with E-state index >= 15 is 0 Å². The van der Waals surface area contributed by atoms with Gasteiger partial charge in [0.25, 0.3) is 5.56 Å². The van der Waals surface area contributed by atoms with Crippen molar-refractivity contribution in [3.8, 4) is 0 Å². The maximum absolute atomic E-state index is 12.6. The normalized spacial score (nSPS) is 11.1. The largest absolute Gasteiger partial charge is 0.332 e. The lowest BCUT2D eigenvalue weighted by molar-refractivity contribution is -0.113. The summed E-state index contributed by atoms with van der Waals surface area (Å²) in [6, 6.07) is 15.3. The van der Waals surface area contributed by atoms with Gasteiger partial charge in [-0.1, -0.05) is 36.4 Å². The van der Waals surface area contributed by atoms with E-state index in [4.69, 9.17) is 0 Å². The van der Waals surface area contributed by atoms with Crippen LogP contribution in [-0.2, 0) is 18.9 Å². The molecule has 0 aliphatic rings. The van der Waals surface area contributed by atoms with E-state index in [2.05, 4.69) is 10.3 Å². The number of nitrogens with one attached hydrogen (secondary N) is 1. The first kappa shape index (κ1) is 18.9. The van der Waals surface area contributed by atoms with Crippen molar-refractivity contribution in [3.63, 3.8) is 0 Å². The van der Waals surface area contributed by atoms with Gasteiger partial charge in [-0.25, -0.2) is 9.78 Å². The van der Waals surface area contributed by atoms with Crippen LogP contribution in [0.15, 0.2) is 69.2 Å². The second kappa shape index (κ2) is 7.56. The highest BCUT2D eigenvalue weighted by Crippen LogP contribution is 2.25. The highest BCUT2D eigenvalue weighted by Gasteiger charge is 2.15. The van der Waals surface area contributed by atoms with Gasteiger partial charge in [0.15, 0.2) is 0 Å². The minimum Gasteiger partial charge on any atom is -0.325 e. The van der Waals surface area contributed by atoms with Gasteiger partial charge in [-0.3, -0.25) is 18.7 Å². The molecule has 0 saturated carbocycles. The SMILES string of the molecule is Cn1c(=O)c2c(SCC(=O)Nc3cccc4ccccc34)ccnc2n(C)c1=O. The molecule has 29 heavy (non-hydrogen) atoms. The molecule has 2 aromatic carbocycles. The van der Waals surface area contributed by atoms with Gasteiger partial charge < -0.3 is 5.32 Å². The molecule has 146 valence electrons. The van der Waals surface area contributed by atoms with Crippen LogP contribution in [0.4, 0.5) is 5.69 Å². The van der Waals surface area contributed by atoms with Gasteiger partial charge in [-0.2, -0.15) is 0 Å². The number of hydrogen-bond donors (Lipinski definition) is 1. The summed E-state index contributed by atoms with van der Waals surface area (Å²) in [5.74, 6) is -0.0631. The maximum atomic E-state index is 12.6. The average Bonchev–Trinajstić information content (AvgIpc) is 2.74. The topological polar surface area (TPSA) is 86.0 Å². The summed E-state index contributed by atoms with van der Waals surface area (Å²) in [7, 11) is 3.00. The van der Waals surface area contributed by atoms with Crippen LogP contribution in [0.5, 0.6) is 0 Å². The van der Waals surface area contributed by atoms with Crippen LogP contribution in [0.2, 0.25) is 0 Å². The number of aryl methyl sites for hydroxylation is 1. The molecule has 0 saturated heterocycles. The molecular formula is C21H18N4O3S. The molecule has 0 spiro atoms. The molecule has 0 atom stereocenters. The number of hydrogen-bond acceptors (Lipinski definition) is 5. The standard InChI is InChI=1S/C21H18N4O3S/c1-24-19-18(20(27)25(2)21(24)28)16(10-11-22-19)29-12-17(26)23-15-9-5-7-13-6-3-4-8-14(13)15/h3-11H,12H2,1-2H3,(H,23,26). The number of carbonyl (C=O) groups excluding carboxylic acids is 1. The summed E-state index contributed by atoms with van der Waals surface area (Å²) in [5.41, 5.74) is 0.183. The molecule has 1 N–H and O–H groups in total. The average molecular weight is 406 g/mol. The quantitative estimate of drug-likeness (QED) is 0.527. The number of thioether (sulfide) groups is 1. The number of nitrogens with zero attached hydrogens (tertiary/aromatic N) is 3. The molecule has 1 amide bonds. The van der Waals surface area contributed by atoms with Crippen LogP contribution >= 0.6 is 11.8 Å². The van der Waals surface area contributed by atoms with Crippen molar-refractivity contribution in [3.05, 3.63) is 75.6 Å². The third-order valence-electron chi connectivity index (χ3n) is 4.73. The Bertz CT molecular complexity index is 1370. The molecule has 0 unspecified atom stereocenters. The Kier molecular flexibility index (Phi) is 4.94. The van der Waals surface area contributed by atoms with Crippen molar-refractivity contribution in [2.24, 2.45) is 14.1 Å². The highest BCUT2D eigenvalue weighted by molar-refractivity contribution is 8.00. The predicted molar refractivity (Wildman–Crippen MR) is 116 cm³/mol. The van der Waals surface area contributed by atoms with E-state index in [1.165, 1.54) is 29.6 Å². The van der Waals surface area contributed by atoms with Gasteiger partial charge in [0, 0.05) is 36.3 Å². The first-order chi connectivity index (χ1) is 14.0. The predicted octanol–water partition coefficient (Wildman–Crippen LogP) is 2.52. The molecule has 0 radical (unpaired) electrons. The Balaban J connectivity index is 1.61. The Labute approximate surface area is 170 Å². The maximum Gasteiger partial charge on any atom is 0.332 e. The van der Waals surface area contributed by atoms with Crippen molar-refractivity contribution in [2.75, 3.05) is 11.1 Å². The van der Waals surface area contributed by atoms with Crippen molar-refractivity contribution in [1.29, 1.82) is 0 Å². The first-order valence-electron chi connectivity index (χ1n) is 8.92. The number of fused-ring (bicyclic) bond motifs is 2. The van der Waals surface area contributed by atoms with E-state index in [0.717, 1.165) is 21.0 Å². The van der Waals surface area contributed by atoms with Crippen LogP contribution in [0, 0.1) is 0 Å². The molecule has 0 bridgehead atoms. The van der Waals surface area contributed by atoms with E-state index in [-0.39, 0.29) is 11.7 Å². The van der Waals surface area contributed by atoms with Crippen LogP contribution in [0.1, 0.15) is 0 Å². The van der Waals surface area contributed by atoms with Crippen LogP contribution in [0.25, 0.3) is 21.8 Å². The molecule has 0 aliphatic carbocycles. The van der Waals surface area contributed by atoms with Crippen LogP contribution in [0.3, 0.4) is 0 Å². The fourth-order valence-electron chi connectivity index (χ4n) is 3.24. The molecule has 4 aromatic rings. The molecule has 0 fully saturated rings. The smallest absolute Gasteiger partial charge is 0.325 e. The molecule has 0 aliphatic heterocycles. The van der Waals surface area contributed by atoms with E-state index in [0.29, 0.717) is 15.9 Å². The number of pyridine rings is 1. The van der Waals surface area contributed by atoms with Gasteiger partial charge in [0.1, 0.15) is 5.65 Å². The minimum atomic E-state index is -0.439. The summed E-state index contributed by atoms with van der Waals surface area (Å²) in [4.78, 5) is 42.0. The van der Waals surface area contributed by atoms with Crippen molar-refractivity contribution < 1.29 is 4.79 Å². The number of anilines is 1. The molecule has 7 nitrogen and oxygen atoms in total. The van der Waals surface area contributed by atoms with E-state index in [1.54, 1.807) is 13.1 Å². The molecule has 2 aromatic heterocycles. The summed E-state index contributed by atoms with van der Waals surface area (Å²) in [6.45, 7) is 0. The van der Waals surface area contributed by atoms with Crippen molar-refractivity contribution in [2.45, 2.75) is 4.90 Å². The van der Waals surface area contributed by atoms with E-state index in [9.17, 15) is 14.4 Å². The van der Waals surface area contributed by atoms with Crippen molar-refractivity contribution in [1.82, 2.24) is 14.1 Å².